The second-order valence-electron chi connectivity index (χ2n) is 7.44. The van der Waals surface area contributed by atoms with Crippen molar-refractivity contribution >= 4 is 29.0 Å². The third-order valence-corrected chi connectivity index (χ3v) is 5.42. The molecule has 1 amide bonds. The van der Waals surface area contributed by atoms with Gasteiger partial charge in [0.25, 0.3) is 5.91 Å². The molecule has 2 aromatic heterocycles. The van der Waals surface area contributed by atoms with Crippen LogP contribution in [0.15, 0.2) is 24.5 Å². The highest BCUT2D eigenvalue weighted by Gasteiger charge is 2.26. The normalized spacial score (nSPS) is 18.5. The van der Waals surface area contributed by atoms with Crippen molar-refractivity contribution in [3.63, 3.8) is 0 Å². The lowest BCUT2D eigenvalue weighted by molar-refractivity contribution is 0.100. The molecule has 6 N–H and O–H groups in total. The smallest absolute Gasteiger partial charge is 0.256 e. The number of nitrogens with two attached hydrogens (primary N) is 2. The number of hydrogen-bond donors (Lipinski definition) is 4. The highest BCUT2D eigenvalue weighted by atomic mass is 16.5. The molecule has 0 radical (unpaired) electrons. The summed E-state index contributed by atoms with van der Waals surface area (Å²) in [6.45, 7) is 0. The van der Waals surface area contributed by atoms with Crippen LogP contribution in [0.25, 0.3) is 5.65 Å². The van der Waals surface area contributed by atoms with E-state index in [1.54, 1.807) is 32.4 Å². The summed E-state index contributed by atoms with van der Waals surface area (Å²) < 4.78 is 12.1. The Morgan fingerprint density at radius 1 is 1.16 bits per heavy atom. The maximum absolute atomic E-state index is 12.3. The quantitative estimate of drug-likeness (QED) is 0.441. The van der Waals surface area contributed by atoms with Crippen LogP contribution in [0.5, 0.6) is 11.5 Å². The Kier molecular flexibility index (Phi) is 5.76. The minimum absolute atomic E-state index is 0.00370. The molecule has 2 heterocycles. The van der Waals surface area contributed by atoms with Crippen molar-refractivity contribution < 1.29 is 14.3 Å². The van der Waals surface area contributed by atoms with Crippen LogP contribution in [0.2, 0.25) is 0 Å². The topological polar surface area (TPSA) is 155 Å². The van der Waals surface area contributed by atoms with Crippen LogP contribution < -0.4 is 31.6 Å². The van der Waals surface area contributed by atoms with Gasteiger partial charge in [0.2, 0.25) is 5.95 Å². The molecule has 164 valence electrons. The maximum atomic E-state index is 12.3. The van der Waals surface area contributed by atoms with E-state index in [1.165, 1.54) is 10.8 Å². The number of aromatic nitrogens is 4. The highest BCUT2D eigenvalue weighted by molar-refractivity contribution is 6.04. The van der Waals surface area contributed by atoms with Crippen LogP contribution in [0.3, 0.4) is 0 Å². The standard InChI is InChI=1S/C20H26N8O3/c1-30-12-7-11(8-13(9-12)31-2)25-18-16(17(22)29)19-23-10-24-28(19)20(27-18)26-15-6-4-3-5-14(15)21/h7-10,14-15,25H,3-6,21H2,1-2H3,(H2,22,29)(H,26,27)/t14-,15+/m0/s1. The Balaban J connectivity index is 1.78. The number of amides is 1. The van der Waals surface area contributed by atoms with Crippen LogP contribution in [0.4, 0.5) is 17.5 Å². The number of ether oxygens (including phenoxy) is 2. The molecule has 1 fully saturated rings. The van der Waals surface area contributed by atoms with Gasteiger partial charge in [-0.2, -0.15) is 14.6 Å². The Labute approximate surface area is 179 Å². The molecule has 0 bridgehead atoms. The monoisotopic (exact) mass is 426 g/mol. The van der Waals surface area contributed by atoms with Crippen molar-refractivity contribution in [3.05, 3.63) is 30.1 Å². The number of nitrogens with one attached hydrogen (secondary N) is 2. The van der Waals surface area contributed by atoms with Crippen LogP contribution in [-0.2, 0) is 0 Å². The average Bonchev–Trinajstić information content (AvgIpc) is 3.24. The molecule has 0 spiro atoms. The van der Waals surface area contributed by atoms with Crippen LogP contribution >= 0.6 is 0 Å². The Bertz CT molecular complexity index is 1080. The molecule has 1 saturated carbocycles. The van der Waals surface area contributed by atoms with E-state index in [0.29, 0.717) is 28.8 Å². The van der Waals surface area contributed by atoms with E-state index >= 15 is 0 Å². The molecule has 1 aliphatic carbocycles. The molecule has 2 atom stereocenters. The summed E-state index contributed by atoms with van der Waals surface area (Å²) in [5.41, 5.74) is 13.0. The molecule has 0 unspecified atom stereocenters. The molecule has 1 aliphatic rings. The van der Waals surface area contributed by atoms with Gasteiger partial charge in [-0.1, -0.05) is 12.8 Å². The maximum Gasteiger partial charge on any atom is 0.256 e. The number of fused-ring (bicyclic) bond motifs is 1. The van der Waals surface area contributed by atoms with Gasteiger partial charge in [0.1, 0.15) is 23.4 Å². The van der Waals surface area contributed by atoms with E-state index < -0.39 is 5.91 Å². The van der Waals surface area contributed by atoms with Gasteiger partial charge < -0.3 is 31.6 Å². The number of carbonyl (C=O) groups is 1. The zero-order chi connectivity index (χ0) is 22.0. The van der Waals surface area contributed by atoms with Crippen molar-refractivity contribution in [1.29, 1.82) is 0 Å². The van der Waals surface area contributed by atoms with Gasteiger partial charge in [0.15, 0.2) is 11.5 Å². The predicted octanol–water partition coefficient (Wildman–Crippen LogP) is 1.67. The summed E-state index contributed by atoms with van der Waals surface area (Å²) in [5, 5.41) is 10.7. The summed E-state index contributed by atoms with van der Waals surface area (Å²) >= 11 is 0. The van der Waals surface area contributed by atoms with Gasteiger partial charge in [0, 0.05) is 36.0 Å². The molecule has 11 nitrogen and oxygen atoms in total. The van der Waals surface area contributed by atoms with E-state index in [4.69, 9.17) is 20.9 Å². The molecular formula is C20H26N8O3. The van der Waals surface area contributed by atoms with Crippen LogP contribution in [0.1, 0.15) is 36.0 Å². The van der Waals surface area contributed by atoms with Gasteiger partial charge in [-0.25, -0.2) is 4.98 Å². The molecular weight excluding hydrogens is 400 g/mol. The second-order valence-corrected chi connectivity index (χ2v) is 7.44. The van der Waals surface area contributed by atoms with Gasteiger partial charge in [-0.3, -0.25) is 4.79 Å². The average molecular weight is 426 g/mol. The summed E-state index contributed by atoms with van der Waals surface area (Å²) in [6.07, 6.45) is 5.41. The first kappa shape index (κ1) is 20.7. The summed E-state index contributed by atoms with van der Waals surface area (Å²) in [7, 11) is 3.12. The molecule has 0 aliphatic heterocycles. The first-order valence-electron chi connectivity index (χ1n) is 10.1. The van der Waals surface area contributed by atoms with Gasteiger partial charge in [-0.15, -0.1) is 0 Å². The fourth-order valence-electron chi connectivity index (χ4n) is 3.81. The molecule has 1 aromatic carbocycles. The lowest BCUT2D eigenvalue weighted by Gasteiger charge is -2.29. The van der Waals surface area contributed by atoms with Crippen LogP contribution in [0, 0.1) is 0 Å². The summed E-state index contributed by atoms with van der Waals surface area (Å²) in [4.78, 5) is 21.2. The predicted molar refractivity (Wildman–Crippen MR) is 116 cm³/mol. The summed E-state index contributed by atoms with van der Waals surface area (Å²) in [5.74, 6) is 1.16. The summed E-state index contributed by atoms with van der Waals surface area (Å²) in [6, 6.07) is 5.30. The van der Waals surface area contributed by atoms with E-state index in [-0.39, 0.29) is 23.5 Å². The molecule has 3 aromatic rings. The van der Waals surface area contributed by atoms with Crippen molar-refractivity contribution in [2.75, 3.05) is 24.9 Å². The molecule has 0 saturated heterocycles. The van der Waals surface area contributed by atoms with Gasteiger partial charge in [0.05, 0.1) is 14.2 Å². The Morgan fingerprint density at radius 2 is 1.87 bits per heavy atom. The van der Waals surface area contributed by atoms with E-state index in [9.17, 15) is 4.79 Å². The number of carbonyl (C=O) groups excluding carboxylic acids is 1. The van der Waals surface area contributed by atoms with E-state index in [0.717, 1.165) is 25.7 Å². The number of anilines is 3. The zero-order valence-electron chi connectivity index (χ0n) is 17.5. The van der Waals surface area contributed by atoms with Crippen molar-refractivity contribution in [2.24, 2.45) is 11.5 Å². The molecule has 31 heavy (non-hydrogen) atoms. The fourth-order valence-corrected chi connectivity index (χ4v) is 3.81. The third kappa shape index (κ3) is 4.17. The van der Waals surface area contributed by atoms with Crippen LogP contribution in [-0.4, -0.2) is 51.8 Å². The number of hydrogen-bond acceptors (Lipinski definition) is 9. The van der Waals surface area contributed by atoms with Crippen molar-refractivity contribution in [2.45, 2.75) is 37.8 Å². The Morgan fingerprint density at radius 3 is 2.52 bits per heavy atom. The molecule has 4 rings (SSSR count). The van der Waals surface area contributed by atoms with E-state index in [2.05, 4.69) is 25.7 Å². The number of methoxy groups -OCH3 is 2. The largest absolute Gasteiger partial charge is 0.497 e. The lowest BCUT2D eigenvalue weighted by atomic mass is 9.91. The third-order valence-electron chi connectivity index (χ3n) is 5.42. The first-order valence-corrected chi connectivity index (χ1v) is 10.1. The second kappa shape index (κ2) is 8.64. The fraction of sp³-hybridized carbons (Fsp3) is 0.400. The van der Waals surface area contributed by atoms with Gasteiger partial charge in [-0.05, 0) is 12.8 Å². The lowest BCUT2D eigenvalue weighted by Crippen LogP contribution is -2.43. The molecule has 11 heteroatoms. The minimum atomic E-state index is -0.677. The van der Waals surface area contributed by atoms with Crippen molar-refractivity contribution in [1.82, 2.24) is 19.6 Å². The first-order chi connectivity index (χ1) is 15.0. The zero-order valence-corrected chi connectivity index (χ0v) is 17.5. The minimum Gasteiger partial charge on any atom is -0.497 e. The highest BCUT2D eigenvalue weighted by Crippen LogP contribution is 2.30. The number of rotatable bonds is 7. The van der Waals surface area contributed by atoms with Crippen molar-refractivity contribution in [3.8, 4) is 11.5 Å². The number of primary amides is 1. The Hall–Kier alpha value is -3.60. The van der Waals surface area contributed by atoms with E-state index in [1.807, 2.05) is 0 Å². The van der Waals surface area contributed by atoms with Gasteiger partial charge >= 0.3 is 0 Å². The number of benzene rings is 1. The SMILES string of the molecule is COc1cc(Nc2nc(N[C@@H]3CCCC[C@@H]3N)n3ncnc3c2C(N)=O)cc(OC)c1. The number of nitrogens with zero attached hydrogens (tertiary/aromatic N) is 4.